The van der Waals surface area contributed by atoms with Gasteiger partial charge >= 0.3 is 0 Å². The van der Waals surface area contributed by atoms with E-state index in [4.69, 9.17) is 0 Å². The van der Waals surface area contributed by atoms with Gasteiger partial charge in [-0.15, -0.1) is 0 Å². The molecule has 0 radical (unpaired) electrons. The lowest BCUT2D eigenvalue weighted by Gasteiger charge is -2.08. The molecule has 100 valence electrons. The quantitative estimate of drug-likeness (QED) is 0.655. The van der Waals surface area contributed by atoms with Gasteiger partial charge in [0.25, 0.3) is 0 Å². The van der Waals surface area contributed by atoms with Crippen LogP contribution in [0.2, 0.25) is 0 Å². The highest BCUT2D eigenvalue weighted by molar-refractivity contribution is 5.53. The maximum absolute atomic E-state index is 3.88. The van der Waals surface area contributed by atoms with Gasteiger partial charge < -0.3 is 10.6 Å². The first kappa shape index (κ1) is 14.9. The molecule has 0 bridgehead atoms. The third-order valence-electron chi connectivity index (χ3n) is 3.17. The molecule has 2 heteroatoms. The normalized spacial score (nSPS) is 10.6. The first-order valence-corrected chi connectivity index (χ1v) is 6.91. The number of nitrogens with one attached hydrogen (secondary N) is 2. The Hall–Kier alpha value is -1.12. The molecule has 0 amide bonds. The molecule has 2 nitrogen and oxygen atoms in total. The van der Waals surface area contributed by atoms with Gasteiger partial charge in [0.15, 0.2) is 0 Å². The Morgan fingerprint density at radius 1 is 1.22 bits per heavy atom. The summed E-state index contributed by atoms with van der Waals surface area (Å²) in [5, 5.41) is 6.65. The number of unbranched alkanes of at least 4 members (excludes halogenated alkanes) is 1. The van der Waals surface area contributed by atoms with E-state index >= 15 is 0 Å². The Morgan fingerprint density at radius 2 is 2.00 bits per heavy atom. The zero-order valence-electron chi connectivity index (χ0n) is 11.8. The van der Waals surface area contributed by atoms with E-state index in [0.717, 1.165) is 26.1 Å². The summed E-state index contributed by atoms with van der Waals surface area (Å²) in [7, 11) is 2.00. The molecule has 0 aliphatic rings. The van der Waals surface area contributed by atoms with Gasteiger partial charge in [0.2, 0.25) is 0 Å². The van der Waals surface area contributed by atoms with Gasteiger partial charge in [0.1, 0.15) is 0 Å². The molecule has 1 aromatic carbocycles. The highest BCUT2D eigenvalue weighted by Gasteiger charge is 1.99. The number of aryl methyl sites for hydroxylation is 1. The van der Waals surface area contributed by atoms with Crippen LogP contribution in [0.1, 0.15) is 36.5 Å². The Bertz CT molecular complexity index is 358. The molecule has 1 rings (SSSR count). The minimum Gasteiger partial charge on any atom is -0.320 e. The van der Waals surface area contributed by atoms with Crippen molar-refractivity contribution in [2.24, 2.45) is 0 Å². The van der Waals surface area contributed by atoms with E-state index in [9.17, 15) is 0 Å². The molecule has 0 spiro atoms. The van der Waals surface area contributed by atoms with Crippen LogP contribution in [-0.2, 0) is 13.0 Å². The van der Waals surface area contributed by atoms with Crippen molar-refractivity contribution in [2.75, 3.05) is 20.1 Å². The third kappa shape index (κ3) is 5.03. The SMILES string of the molecule is C=Cc1cc(CNCCCCNC)ccc1CC. The molecule has 0 aromatic heterocycles. The fourth-order valence-electron chi connectivity index (χ4n) is 2.05. The molecule has 1 aromatic rings. The average molecular weight is 246 g/mol. The van der Waals surface area contributed by atoms with Crippen LogP contribution < -0.4 is 10.6 Å². The van der Waals surface area contributed by atoms with E-state index in [0.29, 0.717) is 0 Å². The summed E-state index contributed by atoms with van der Waals surface area (Å²) in [6.07, 6.45) is 5.48. The minimum absolute atomic E-state index is 0.949. The van der Waals surface area contributed by atoms with E-state index in [1.165, 1.54) is 29.5 Å². The van der Waals surface area contributed by atoms with E-state index < -0.39 is 0 Å². The zero-order chi connectivity index (χ0) is 13.2. The van der Waals surface area contributed by atoms with Gasteiger partial charge in [-0.05, 0) is 56.1 Å². The lowest BCUT2D eigenvalue weighted by atomic mass is 10.0. The summed E-state index contributed by atoms with van der Waals surface area (Å²) in [6.45, 7) is 9.20. The molecule has 0 saturated carbocycles. The molecule has 0 unspecified atom stereocenters. The van der Waals surface area contributed by atoms with Crippen molar-refractivity contribution in [3.05, 3.63) is 41.5 Å². The molecular weight excluding hydrogens is 220 g/mol. The van der Waals surface area contributed by atoms with E-state index in [2.05, 4.69) is 42.3 Å². The smallest absolute Gasteiger partial charge is 0.0205 e. The van der Waals surface area contributed by atoms with Crippen LogP contribution in [0.25, 0.3) is 6.08 Å². The summed E-state index contributed by atoms with van der Waals surface area (Å²) in [5.41, 5.74) is 3.99. The van der Waals surface area contributed by atoms with Gasteiger partial charge in [-0.25, -0.2) is 0 Å². The van der Waals surface area contributed by atoms with Crippen molar-refractivity contribution < 1.29 is 0 Å². The molecule has 18 heavy (non-hydrogen) atoms. The van der Waals surface area contributed by atoms with Crippen LogP contribution in [-0.4, -0.2) is 20.1 Å². The predicted octanol–water partition coefficient (Wildman–Crippen LogP) is 2.98. The number of hydrogen-bond acceptors (Lipinski definition) is 2. The van der Waals surface area contributed by atoms with Gasteiger partial charge in [-0.2, -0.15) is 0 Å². The first-order valence-electron chi connectivity index (χ1n) is 6.91. The lowest BCUT2D eigenvalue weighted by Crippen LogP contribution is -2.16. The van der Waals surface area contributed by atoms with Crippen LogP contribution in [0.4, 0.5) is 0 Å². The topological polar surface area (TPSA) is 24.1 Å². The largest absolute Gasteiger partial charge is 0.320 e. The van der Waals surface area contributed by atoms with Crippen molar-refractivity contribution >= 4 is 6.08 Å². The van der Waals surface area contributed by atoms with E-state index in [1.54, 1.807) is 0 Å². The Kier molecular flexibility index (Phi) is 7.38. The van der Waals surface area contributed by atoms with Gasteiger partial charge in [-0.1, -0.05) is 37.8 Å². The lowest BCUT2D eigenvalue weighted by molar-refractivity contribution is 0.605. The predicted molar refractivity (Wildman–Crippen MR) is 80.8 cm³/mol. The van der Waals surface area contributed by atoms with Crippen molar-refractivity contribution in [1.82, 2.24) is 10.6 Å². The summed E-state index contributed by atoms with van der Waals surface area (Å²) in [6, 6.07) is 6.67. The van der Waals surface area contributed by atoms with Crippen molar-refractivity contribution in [1.29, 1.82) is 0 Å². The van der Waals surface area contributed by atoms with Crippen LogP contribution in [0, 0.1) is 0 Å². The Morgan fingerprint density at radius 3 is 2.67 bits per heavy atom. The monoisotopic (exact) mass is 246 g/mol. The number of rotatable bonds is 9. The first-order chi connectivity index (χ1) is 8.81. The fourth-order valence-corrected chi connectivity index (χ4v) is 2.05. The summed E-state index contributed by atoms with van der Waals surface area (Å²) in [5.74, 6) is 0. The molecule has 0 saturated heterocycles. The number of benzene rings is 1. The second-order valence-electron chi connectivity index (χ2n) is 4.58. The molecular formula is C16H26N2. The molecule has 0 atom stereocenters. The van der Waals surface area contributed by atoms with Crippen LogP contribution in [0.15, 0.2) is 24.8 Å². The third-order valence-corrected chi connectivity index (χ3v) is 3.17. The van der Waals surface area contributed by atoms with Gasteiger partial charge in [0, 0.05) is 6.54 Å². The second kappa shape index (κ2) is 8.90. The molecule has 2 N–H and O–H groups in total. The summed E-state index contributed by atoms with van der Waals surface area (Å²) >= 11 is 0. The summed E-state index contributed by atoms with van der Waals surface area (Å²) in [4.78, 5) is 0. The fraction of sp³-hybridized carbons (Fsp3) is 0.500. The Balaban J connectivity index is 2.36. The van der Waals surface area contributed by atoms with Crippen LogP contribution in [0.3, 0.4) is 0 Å². The Labute approximate surface area is 111 Å². The zero-order valence-corrected chi connectivity index (χ0v) is 11.8. The molecule has 0 heterocycles. The molecule has 0 aliphatic carbocycles. The van der Waals surface area contributed by atoms with Gasteiger partial charge in [-0.3, -0.25) is 0 Å². The van der Waals surface area contributed by atoms with E-state index in [-0.39, 0.29) is 0 Å². The van der Waals surface area contributed by atoms with Crippen molar-refractivity contribution in [3.63, 3.8) is 0 Å². The van der Waals surface area contributed by atoms with Crippen LogP contribution in [0.5, 0.6) is 0 Å². The number of hydrogen-bond donors (Lipinski definition) is 2. The van der Waals surface area contributed by atoms with Gasteiger partial charge in [0.05, 0.1) is 0 Å². The summed E-state index contributed by atoms with van der Waals surface area (Å²) < 4.78 is 0. The average Bonchev–Trinajstić information content (AvgIpc) is 2.42. The second-order valence-corrected chi connectivity index (χ2v) is 4.58. The van der Waals surface area contributed by atoms with Crippen molar-refractivity contribution in [3.8, 4) is 0 Å². The molecule has 0 fully saturated rings. The molecule has 0 aliphatic heterocycles. The highest BCUT2D eigenvalue weighted by Crippen LogP contribution is 2.14. The standard InChI is InChI=1S/C16H26N2/c1-4-15-9-8-14(12-16(15)5-2)13-18-11-7-6-10-17-3/h5,8-9,12,17-18H,2,4,6-7,10-11,13H2,1,3H3. The minimum atomic E-state index is 0.949. The highest BCUT2D eigenvalue weighted by atomic mass is 14.8. The van der Waals surface area contributed by atoms with E-state index in [1.807, 2.05) is 13.1 Å². The maximum Gasteiger partial charge on any atom is 0.0205 e. The van der Waals surface area contributed by atoms with Crippen molar-refractivity contribution in [2.45, 2.75) is 32.7 Å². The van der Waals surface area contributed by atoms with Crippen LogP contribution >= 0.6 is 0 Å². The maximum atomic E-state index is 3.88.